The van der Waals surface area contributed by atoms with Gasteiger partial charge in [0.05, 0.1) is 22.6 Å². The summed E-state index contributed by atoms with van der Waals surface area (Å²) in [5, 5.41) is 8.18. The van der Waals surface area contributed by atoms with E-state index in [1.807, 2.05) is 18.2 Å². The maximum absolute atomic E-state index is 14.6. The van der Waals surface area contributed by atoms with E-state index in [4.69, 9.17) is 0 Å². The number of fused-ring (bicyclic) bond motifs is 1. The smallest absolute Gasteiger partial charge is 0.252 e. The molecule has 2 fully saturated rings. The third-order valence-corrected chi connectivity index (χ3v) is 8.53. The summed E-state index contributed by atoms with van der Waals surface area (Å²) < 4.78 is 56.5. The zero-order chi connectivity index (χ0) is 22.4. The molecule has 5 nitrogen and oxygen atoms in total. The molecule has 1 saturated heterocycles. The van der Waals surface area contributed by atoms with Gasteiger partial charge in [0.1, 0.15) is 0 Å². The molecule has 4 rings (SSSR count). The molecule has 5 atom stereocenters. The van der Waals surface area contributed by atoms with E-state index in [-0.39, 0.29) is 0 Å². The van der Waals surface area contributed by atoms with Crippen LogP contribution >= 0.6 is 0 Å². The monoisotopic (exact) mass is 443 g/mol. The van der Waals surface area contributed by atoms with Crippen molar-refractivity contribution in [2.24, 2.45) is 17.8 Å². The van der Waals surface area contributed by atoms with Crippen LogP contribution in [-0.2, 0) is 10.0 Å². The van der Waals surface area contributed by atoms with Gasteiger partial charge in [-0.1, -0.05) is 37.3 Å². The highest BCUT2D eigenvalue weighted by Crippen LogP contribution is 2.50. The van der Waals surface area contributed by atoms with Crippen molar-refractivity contribution in [2.45, 2.75) is 37.5 Å². The number of alkyl halides is 2. The van der Waals surface area contributed by atoms with Crippen LogP contribution in [0.15, 0.2) is 48.7 Å². The Labute approximate surface area is 180 Å². The number of allylic oxidation sites excluding steroid dienone is 1. The van der Waals surface area contributed by atoms with Crippen LogP contribution in [0.3, 0.4) is 0 Å². The fourth-order valence-corrected chi connectivity index (χ4v) is 6.97. The van der Waals surface area contributed by atoms with Crippen molar-refractivity contribution in [1.82, 2.24) is 9.71 Å². The fourth-order valence-electron chi connectivity index (χ4n) is 4.85. The Hall–Kier alpha value is -2.63. The Morgan fingerprint density at radius 2 is 1.97 bits per heavy atom. The molecular formula is C23H23F2N3O2S. The lowest BCUT2D eigenvalue weighted by Crippen LogP contribution is -2.49. The number of benzene rings is 1. The first kappa shape index (κ1) is 21.6. The standard InChI is InChI=1S/C23H23F2N3O2S/c1-14-19(22-15(2)28-31(29,30)21(22)11-23(14,24)25)10-9-18-8-7-17(13-27-18)20-6-4-3-5-16(20)12-26/h3-10,13-15,19,21-22,28H,11H2,1-2H3/b10-9+/t14-,15-,19+,21-,22+/m1/s1. The van der Waals surface area contributed by atoms with Crippen LogP contribution in [0.2, 0.25) is 0 Å². The summed E-state index contributed by atoms with van der Waals surface area (Å²) in [7, 11) is -3.76. The van der Waals surface area contributed by atoms with Gasteiger partial charge in [-0.2, -0.15) is 5.26 Å². The van der Waals surface area contributed by atoms with Gasteiger partial charge in [-0.3, -0.25) is 4.98 Å². The van der Waals surface area contributed by atoms with Crippen molar-refractivity contribution in [1.29, 1.82) is 5.26 Å². The summed E-state index contributed by atoms with van der Waals surface area (Å²) in [6, 6.07) is 12.5. The topological polar surface area (TPSA) is 82.8 Å². The Bertz CT molecular complexity index is 1160. The Morgan fingerprint density at radius 1 is 1.23 bits per heavy atom. The van der Waals surface area contributed by atoms with Gasteiger partial charge in [0.15, 0.2) is 0 Å². The quantitative estimate of drug-likeness (QED) is 0.770. The Morgan fingerprint density at radius 3 is 2.65 bits per heavy atom. The minimum atomic E-state index is -3.76. The Balaban J connectivity index is 1.62. The van der Waals surface area contributed by atoms with Crippen LogP contribution in [0.5, 0.6) is 0 Å². The summed E-state index contributed by atoms with van der Waals surface area (Å²) in [6.45, 7) is 3.22. The van der Waals surface area contributed by atoms with Gasteiger partial charge in [0.2, 0.25) is 10.0 Å². The first-order valence-corrected chi connectivity index (χ1v) is 11.7. The number of halogens is 2. The molecule has 2 aliphatic rings. The van der Waals surface area contributed by atoms with E-state index in [9.17, 15) is 22.5 Å². The van der Waals surface area contributed by atoms with Crippen LogP contribution in [0.4, 0.5) is 8.78 Å². The molecule has 1 aliphatic carbocycles. The molecule has 0 amide bonds. The predicted molar refractivity (Wildman–Crippen MR) is 114 cm³/mol. The minimum Gasteiger partial charge on any atom is -0.256 e. The second-order valence-electron chi connectivity index (χ2n) is 8.39. The molecule has 1 N–H and O–H groups in total. The molecule has 0 spiro atoms. The second kappa shape index (κ2) is 7.81. The van der Waals surface area contributed by atoms with Gasteiger partial charge < -0.3 is 0 Å². The SMILES string of the molecule is C[C@@H]1[C@H](/C=C/c2ccc(-c3ccccc3C#N)cn2)[C@H]2[C@@H](CC1(F)F)S(=O)(=O)N[C@@H]2C. The largest absolute Gasteiger partial charge is 0.256 e. The maximum atomic E-state index is 14.6. The number of nitriles is 1. The van der Waals surface area contributed by atoms with E-state index in [0.29, 0.717) is 11.3 Å². The number of nitrogens with zero attached hydrogens (tertiary/aromatic N) is 2. The van der Waals surface area contributed by atoms with Crippen molar-refractivity contribution >= 4 is 16.1 Å². The van der Waals surface area contributed by atoms with Crippen LogP contribution in [0.25, 0.3) is 17.2 Å². The fraction of sp³-hybridized carbons (Fsp3) is 0.391. The summed E-state index contributed by atoms with van der Waals surface area (Å²) in [5.41, 5.74) is 2.68. The molecule has 0 bridgehead atoms. The van der Waals surface area contributed by atoms with Gasteiger partial charge in [0, 0.05) is 41.6 Å². The molecule has 162 valence electrons. The molecule has 8 heteroatoms. The van der Waals surface area contributed by atoms with Crippen molar-refractivity contribution in [3.05, 3.63) is 59.9 Å². The number of hydrogen-bond acceptors (Lipinski definition) is 4. The van der Waals surface area contributed by atoms with Crippen LogP contribution < -0.4 is 4.72 Å². The van der Waals surface area contributed by atoms with Gasteiger partial charge in [-0.05, 0) is 31.1 Å². The number of aromatic nitrogens is 1. The van der Waals surface area contributed by atoms with Crippen LogP contribution in [0, 0.1) is 29.1 Å². The number of sulfonamides is 1. The highest BCUT2D eigenvalue weighted by atomic mass is 32.2. The molecule has 1 saturated carbocycles. The molecule has 0 unspecified atom stereocenters. The predicted octanol–water partition coefficient (Wildman–Crippen LogP) is 4.23. The van der Waals surface area contributed by atoms with Gasteiger partial charge in [0.25, 0.3) is 5.92 Å². The van der Waals surface area contributed by atoms with E-state index >= 15 is 0 Å². The van der Waals surface area contributed by atoms with E-state index in [0.717, 1.165) is 11.1 Å². The molecule has 1 aliphatic heterocycles. The molecule has 1 aromatic heterocycles. The lowest BCUT2D eigenvalue weighted by molar-refractivity contribution is -0.107. The average Bonchev–Trinajstić information content (AvgIpc) is 2.96. The highest BCUT2D eigenvalue weighted by molar-refractivity contribution is 7.90. The van der Waals surface area contributed by atoms with Crippen LogP contribution in [0.1, 0.15) is 31.5 Å². The van der Waals surface area contributed by atoms with Gasteiger partial charge >= 0.3 is 0 Å². The van der Waals surface area contributed by atoms with Gasteiger partial charge in [-0.15, -0.1) is 0 Å². The third kappa shape index (κ3) is 3.88. The van der Waals surface area contributed by atoms with E-state index in [1.54, 1.807) is 43.5 Å². The highest BCUT2D eigenvalue weighted by Gasteiger charge is 2.60. The molecule has 2 aromatic rings. The van der Waals surface area contributed by atoms with Crippen molar-refractivity contribution in [3.8, 4) is 17.2 Å². The van der Waals surface area contributed by atoms with Crippen molar-refractivity contribution < 1.29 is 17.2 Å². The summed E-state index contributed by atoms with van der Waals surface area (Å²) in [6.07, 6.45) is 4.35. The maximum Gasteiger partial charge on any atom is 0.252 e. The number of hydrogen-bond donors (Lipinski definition) is 1. The Kier molecular flexibility index (Phi) is 5.44. The summed E-state index contributed by atoms with van der Waals surface area (Å²) in [4.78, 5) is 4.39. The number of rotatable bonds is 3. The number of nitrogens with one attached hydrogen (secondary N) is 1. The second-order valence-corrected chi connectivity index (χ2v) is 10.3. The first-order valence-electron chi connectivity index (χ1n) is 10.2. The van der Waals surface area contributed by atoms with Crippen molar-refractivity contribution in [3.63, 3.8) is 0 Å². The third-order valence-electron chi connectivity index (χ3n) is 6.55. The lowest BCUT2D eigenvalue weighted by Gasteiger charge is -2.42. The van der Waals surface area contributed by atoms with E-state index in [1.165, 1.54) is 6.92 Å². The average molecular weight is 444 g/mol. The van der Waals surface area contributed by atoms with Gasteiger partial charge in [-0.25, -0.2) is 21.9 Å². The van der Waals surface area contributed by atoms with Crippen LogP contribution in [-0.4, -0.2) is 30.6 Å². The zero-order valence-corrected chi connectivity index (χ0v) is 18.0. The molecule has 0 radical (unpaired) electrons. The van der Waals surface area contributed by atoms with E-state index < -0.39 is 51.4 Å². The molecular weight excluding hydrogens is 420 g/mol. The first-order chi connectivity index (χ1) is 14.6. The summed E-state index contributed by atoms with van der Waals surface area (Å²) in [5.74, 6) is -5.07. The normalized spacial score (nSPS) is 31.3. The molecule has 1 aromatic carbocycles. The molecule has 2 heterocycles. The van der Waals surface area contributed by atoms with Crippen molar-refractivity contribution in [2.75, 3.05) is 0 Å². The zero-order valence-electron chi connectivity index (χ0n) is 17.2. The number of pyridine rings is 1. The summed E-state index contributed by atoms with van der Waals surface area (Å²) >= 11 is 0. The van der Waals surface area contributed by atoms with E-state index in [2.05, 4.69) is 15.8 Å². The lowest BCUT2D eigenvalue weighted by atomic mass is 9.68. The minimum absolute atomic E-state index is 0.402. The molecule has 31 heavy (non-hydrogen) atoms.